The lowest BCUT2D eigenvalue weighted by Crippen LogP contribution is -2.32. The maximum atomic E-state index is 12.7. The standard InChI is InChI=1S/C20H22N4O4S/c1-5-24-18(26)17(29-19(24)16(11-21)20(27)28-6-2)12-22-14-8-7-9-15(10-14)23(4)13(3)25/h7-10,12,22H,5-6H2,1-4H3. The molecule has 1 heterocycles. The summed E-state index contributed by atoms with van der Waals surface area (Å²) in [5.41, 5.74) is 0.883. The summed E-state index contributed by atoms with van der Waals surface area (Å²) < 4.78 is 6.88. The van der Waals surface area contributed by atoms with Crippen LogP contribution in [0.2, 0.25) is 0 Å². The second-order valence-corrected chi connectivity index (χ2v) is 6.98. The highest BCUT2D eigenvalue weighted by Crippen LogP contribution is 2.18. The number of rotatable bonds is 6. The molecule has 0 aliphatic rings. The monoisotopic (exact) mass is 414 g/mol. The summed E-state index contributed by atoms with van der Waals surface area (Å²) in [7, 11) is 1.67. The van der Waals surface area contributed by atoms with Gasteiger partial charge < -0.3 is 15.0 Å². The lowest BCUT2D eigenvalue weighted by atomic mass is 10.2. The number of nitrogens with zero attached hydrogens (tertiary/aromatic N) is 3. The highest BCUT2D eigenvalue weighted by molar-refractivity contribution is 7.07. The van der Waals surface area contributed by atoms with E-state index >= 15 is 0 Å². The number of amides is 1. The number of benzene rings is 1. The van der Waals surface area contributed by atoms with E-state index in [1.807, 2.05) is 6.07 Å². The molecule has 152 valence electrons. The molecular formula is C20H22N4O4S. The Balaban J connectivity index is 2.51. The van der Waals surface area contributed by atoms with Gasteiger partial charge in [-0.3, -0.25) is 14.2 Å². The molecule has 0 bridgehead atoms. The first-order chi connectivity index (χ1) is 13.8. The Labute approximate surface area is 171 Å². The minimum absolute atomic E-state index is 0.0987. The third-order valence-electron chi connectivity index (χ3n) is 4.10. The summed E-state index contributed by atoms with van der Waals surface area (Å²) in [6, 6.07) is 9.00. The van der Waals surface area contributed by atoms with Gasteiger partial charge in [0.05, 0.1) is 6.61 Å². The van der Waals surface area contributed by atoms with Gasteiger partial charge in [-0.1, -0.05) is 6.07 Å². The quantitative estimate of drug-likeness (QED) is 0.707. The second-order valence-electron chi connectivity index (χ2n) is 5.95. The van der Waals surface area contributed by atoms with Gasteiger partial charge in [-0.05, 0) is 32.0 Å². The van der Waals surface area contributed by atoms with Gasteiger partial charge in [-0.15, -0.1) is 11.3 Å². The maximum absolute atomic E-state index is 12.7. The smallest absolute Gasteiger partial charge is 0.351 e. The molecule has 1 amide bonds. The van der Waals surface area contributed by atoms with Crippen molar-refractivity contribution in [3.05, 3.63) is 43.8 Å². The van der Waals surface area contributed by atoms with Crippen molar-refractivity contribution in [2.75, 3.05) is 23.9 Å². The van der Waals surface area contributed by atoms with E-state index in [0.29, 0.717) is 22.5 Å². The van der Waals surface area contributed by atoms with Crippen molar-refractivity contribution >= 4 is 46.4 Å². The summed E-state index contributed by atoms with van der Waals surface area (Å²) >= 11 is 1.04. The molecule has 1 aromatic heterocycles. The first kappa shape index (κ1) is 21.9. The molecule has 1 aromatic carbocycles. The van der Waals surface area contributed by atoms with Gasteiger partial charge >= 0.3 is 5.97 Å². The molecule has 9 heteroatoms. The van der Waals surface area contributed by atoms with Crippen LogP contribution in [-0.2, 0) is 20.9 Å². The lowest BCUT2D eigenvalue weighted by Gasteiger charge is -2.15. The Morgan fingerprint density at radius 3 is 2.69 bits per heavy atom. The molecule has 2 aromatic rings. The number of esters is 1. The fourth-order valence-corrected chi connectivity index (χ4v) is 3.59. The molecule has 0 saturated heterocycles. The molecule has 1 N–H and O–H groups in total. The molecule has 0 aliphatic heterocycles. The molecule has 0 atom stereocenters. The number of aromatic nitrogens is 1. The van der Waals surface area contributed by atoms with Crippen LogP contribution in [0.1, 0.15) is 20.8 Å². The van der Waals surface area contributed by atoms with Crippen LogP contribution in [0.25, 0.3) is 11.8 Å². The van der Waals surface area contributed by atoms with Crippen molar-refractivity contribution in [3.63, 3.8) is 0 Å². The van der Waals surface area contributed by atoms with Crippen LogP contribution >= 0.6 is 11.3 Å². The summed E-state index contributed by atoms with van der Waals surface area (Å²) in [4.78, 5) is 37.8. The van der Waals surface area contributed by atoms with Crippen molar-refractivity contribution < 1.29 is 14.3 Å². The van der Waals surface area contributed by atoms with Crippen molar-refractivity contribution in [1.29, 1.82) is 5.26 Å². The summed E-state index contributed by atoms with van der Waals surface area (Å²) in [6.45, 7) is 5.32. The van der Waals surface area contributed by atoms with Gasteiger partial charge in [0.15, 0.2) is 5.57 Å². The van der Waals surface area contributed by atoms with E-state index in [9.17, 15) is 19.6 Å². The minimum atomic E-state index is -0.752. The molecule has 0 fully saturated rings. The van der Waals surface area contributed by atoms with E-state index in [1.165, 1.54) is 22.6 Å². The third-order valence-corrected chi connectivity index (χ3v) is 5.24. The zero-order chi connectivity index (χ0) is 21.6. The highest BCUT2D eigenvalue weighted by Gasteiger charge is 2.16. The van der Waals surface area contributed by atoms with Crippen molar-refractivity contribution in [3.8, 4) is 6.07 Å². The molecule has 0 aliphatic carbocycles. The number of thiazole rings is 1. The molecule has 0 saturated carbocycles. The predicted molar refractivity (Wildman–Crippen MR) is 113 cm³/mol. The Hall–Kier alpha value is -3.38. The number of hydrogen-bond acceptors (Lipinski definition) is 7. The predicted octanol–water partition coefficient (Wildman–Crippen LogP) is 1.000. The molecule has 0 spiro atoms. The second kappa shape index (κ2) is 9.71. The van der Waals surface area contributed by atoms with E-state index < -0.39 is 5.97 Å². The van der Waals surface area contributed by atoms with E-state index in [-0.39, 0.29) is 28.3 Å². The van der Waals surface area contributed by atoms with Crippen molar-refractivity contribution in [2.45, 2.75) is 27.3 Å². The van der Waals surface area contributed by atoms with Crippen LogP contribution in [0, 0.1) is 11.3 Å². The number of carbonyl (C=O) groups excluding carboxylic acids is 2. The number of nitriles is 1. The van der Waals surface area contributed by atoms with Crippen LogP contribution in [0.3, 0.4) is 0 Å². The average Bonchev–Trinajstić information content (AvgIpc) is 3.02. The largest absolute Gasteiger partial charge is 0.462 e. The topological polar surface area (TPSA) is 104 Å². The average molecular weight is 414 g/mol. The van der Waals surface area contributed by atoms with E-state index in [0.717, 1.165) is 11.3 Å². The number of nitrogens with one attached hydrogen (secondary N) is 1. The van der Waals surface area contributed by atoms with E-state index in [4.69, 9.17) is 4.74 Å². The first-order valence-corrected chi connectivity index (χ1v) is 9.77. The van der Waals surface area contributed by atoms with Crippen LogP contribution in [0.15, 0.2) is 29.1 Å². The molecule has 8 nitrogen and oxygen atoms in total. The van der Waals surface area contributed by atoms with Crippen molar-refractivity contribution in [2.24, 2.45) is 0 Å². The zero-order valence-electron chi connectivity index (χ0n) is 16.7. The number of anilines is 2. The Morgan fingerprint density at radius 2 is 2.10 bits per heavy atom. The van der Waals surface area contributed by atoms with Crippen LogP contribution < -0.4 is 25.0 Å². The molecular weight excluding hydrogens is 392 g/mol. The zero-order valence-corrected chi connectivity index (χ0v) is 17.5. The molecule has 0 radical (unpaired) electrons. The van der Waals surface area contributed by atoms with Crippen molar-refractivity contribution in [1.82, 2.24) is 4.57 Å². The minimum Gasteiger partial charge on any atom is -0.462 e. The summed E-state index contributed by atoms with van der Waals surface area (Å²) in [6.07, 6.45) is 1.52. The molecule has 2 rings (SSSR count). The third kappa shape index (κ3) is 4.92. The van der Waals surface area contributed by atoms with Gasteiger partial charge in [0.1, 0.15) is 15.3 Å². The number of ether oxygens (including phenoxy) is 1. The Morgan fingerprint density at radius 1 is 1.38 bits per heavy atom. The fourth-order valence-electron chi connectivity index (χ4n) is 2.51. The Bertz CT molecular complexity index is 1140. The van der Waals surface area contributed by atoms with Gasteiger partial charge in [-0.25, -0.2) is 4.79 Å². The normalized spacial score (nSPS) is 12.2. The van der Waals surface area contributed by atoms with Gasteiger partial charge in [0.25, 0.3) is 5.56 Å². The lowest BCUT2D eigenvalue weighted by molar-refractivity contribution is -0.136. The van der Waals surface area contributed by atoms with Crippen LogP contribution in [0.4, 0.5) is 11.4 Å². The maximum Gasteiger partial charge on any atom is 0.351 e. The van der Waals surface area contributed by atoms with Gasteiger partial charge in [0, 0.05) is 38.1 Å². The SMILES string of the molecule is CCOC(=O)C(C#N)=c1sc(=CNc2cccc(N(C)C(C)=O)c2)c(=O)n1CC. The Kier molecular flexibility index (Phi) is 7.33. The van der Waals surface area contributed by atoms with Gasteiger partial charge in [-0.2, -0.15) is 5.26 Å². The van der Waals surface area contributed by atoms with E-state index in [1.54, 1.807) is 45.2 Å². The van der Waals surface area contributed by atoms with Crippen LogP contribution in [0.5, 0.6) is 0 Å². The number of carbonyl (C=O) groups is 2. The van der Waals surface area contributed by atoms with E-state index in [2.05, 4.69) is 5.32 Å². The molecule has 0 unspecified atom stereocenters. The number of hydrogen-bond donors (Lipinski definition) is 1. The fraction of sp³-hybridized carbons (Fsp3) is 0.300. The molecule has 29 heavy (non-hydrogen) atoms. The van der Waals surface area contributed by atoms with Crippen LogP contribution in [-0.4, -0.2) is 30.1 Å². The summed E-state index contributed by atoms with van der Waals surface area (Å²) in [5.74, 6) is -0.851. The first-order valence-electron chi connectivity index (χ1n) is 8.96. The van der Waals surface area contributed by atoms with Gasteiger partial charge in [0.2, 0.25) is 5.91 Å². The summed E-state index contributed by atoms with van der Waals surface area (Å²) in [5, 5.41) is 12.4. The highest BCUT2D eigenvalue weighted by atomic mass is 32.1.